The van der Waals surface area contributed by atoms with Crippen molar-refractivity contribution in [1.29, 1.82) is 0 Å². The smallest absolute Gasteiger partial charge is 0.0765 e. The molecular formula is C15H34Si2. The van der Waals surface area contributed by atoms with Crippen molar-refractivity contribution >= 4 is 16.1 Å². The second-order valence-electron chi connectivity index (χ2n) is 8.71. The third kappa shape index (κ3) is 4.74. The van der Waals surface area contributed by atoms with E-state index >= 15 is 0 Å². The van der Waals surface area contributed by atoms with E-state index < -0.39 is 16.1 Å². The molecule has 0 aromatic carbocycles. The van der Waals surface area contributed by atoms with Gasteiger partial charge in [0.15, 0.2) is 0 Å². The lowest BCUT2D eigenvalue weighted by Crippen LogP contribution is -2.37. The van der Waals surface area contributed by atoms with Gasteiger partial charge < -0.3 is 0 Å². The van der Waals surface area contributed by atoms with E-state index in [0.717, 1.165) is 0 Å². The average Bonchev–Trinajstić information content (AvgIpc) is 1.98. The molecule has 0 spiro atoms. The van der Waals surface area contributed by atoms with Gasteiger partial charge in [0.1, 0.15) is 0 Å². The molecule has 0 aromatic heterocycles. The van der Waals surface area contributed by atoms with Crippen molar-refractivity contribution in [3.63, 3.8) is 0 Å². The summed E-state index contributed by atoms with van der Waals surface area (Å²) in [4.78, 5) is 0. The van der Waals surface area contributed by atoms with Crippen LogP contribution in [0.25, 0.3) is 0 Å². The lowest BCUT2D eigenvalue weighted by atomic mass is 10.2. The van der Waals surface area contributed by atoms with Gasteiger partial charge in [-0.15, -0.1) is 0 Å². The van der Waals surface area contributed by atoms with E-state index in [0.29, 0.717) is 10.1 Å². The largest absolute Gasteiger partial charge is 0.0984 e. The van der Waals surface area contributed by atoms with Gasteiger partial charge in [0.2, 0.25) is 0 Å². The maximum atomic E-state index is 2.58. The SMILES string of the molecule is CC(C)(C)[Si](C)(C)/C=C/C[Si](C)(C)C(C)(C)C. The second kappa shape index (κ2) is 5.04. The molecule has 0 nitrogen and oxygen atoms in total. The average molecular weight is 271 g/mol. The van der Waals surface area contributed by atoms with Crippen LogP contribution in [0.2, 0.25) is 42.3 Å². The molecule has 0 saturated carbocycles. The molecule has 0 radical (unpaired) electrons. The first-order valence-electron chi connectivity index (χ1n) is 6.88. The van der Waals surface area contributed by atoms with E-state index in [-0.39, 0.29) is 0 Å². The zero-order chi connectivity index (χ0) is 14.1. The molecule has 0 atom stereocenters. The molecule has 0 N–H and O–H groups in total. The molecule has 0 unspecified atom stereocenters. The standard InChI is InChI=1S/C15H34Si2/c1-14(2,3)16(7,8)12-11-13-17(9,10)15(4,5)6/h11-12H,13H2,1-10H3/b12-11+. The predicted molar refractivity (Wildman–Crippen MR) is 88.3 cm³/mol. The van der Waals surface area contributed by atoms with Gasteiger partial charge in [-0.2, -0.15) is 0 Å². The van der Waals surface area contributed by atoms with Gasteiger partial charge in [-0.25, -0.2) is 0 Å². The zero-order valence-electron chi connectivity index (χ0n) is 13.9. The summed E-state index contributed by atoms with van der Waals surface area (Å²) in [6.45, 7) is 24.4. The molecule has 0 aliphatic carbocycles. The van der Waals surface area contributed by atoms with Gasteiger partial charge in [-0.1, -0.05) is 79.5 Å². The Morgan fingerprint density at radius 3 is 1.47 bits per heavy atom. The van der Waals surface area contributed by atoms with Crippen LogP contribution in [0.1, 0.15) is 41.5 Å². The Kier molecular flexibility index (Phi) is 5.09. The molecule has 0 fully saturated rings. The quantitative estimate of drug-likeness (QED) is 0.544. The fourth-order valence-electron chi connectivity index (χ4n) is 1.20. The van der Waals surface area contributed by atoms with E-state index in [4.69, 9.17) is 0 Å². The highest BCUT2D eigenvalue weighted by Gasteiger charge is 2.35. The summed E-state index contributed by atoms with van der Waals surface area (Å²) in [5, 5.41) is 0.974. The summed E-state index contributed by atoms with van der Waals surface area (Å²) in [5.41, 5.74) is 2.58. The van der Waals surface area contributed by atoms with E-state index in [9.17, 15) is 0 Å². The normalized spacial score (nSPS) is 15.6. The summed E-state index contributed by atoms with van der Waals surface area (Å²) in [7, 11) is -2.35. The fraction of sp³-hybridized carbons (Fsp3) is 0.867. The van der Waals surface area contributed by atoms with E-state index in [2.05, 4.69) is 79.5 Å². The van der Waals surface area contributed by atoms with Crippen LogP contribution >= 0.6 is 0 Å². The Bertz CT molecular complexity index is 272. The molecule has 2 heteroatoms. The number of hydrogen-bond acceptors (Lipinski definition) is 0. The summed E-state index contributed by atoms with van der Waals surface area (Å²) in [5.74, 6) is 0. The summed E-state index contributed by atoms with van der Waals surface area (Å²) >= 11 is 0. The first-order chi connectivity index (χ1) is 7.21. The zero-order valence-corrected chi connectivity index (χ0v) is 15.9. The molecule has 0 rings (SSSR count). The molecule has 0 aliphatic heterocycles. The van der Waals surface area contributed by atoms with Gasteiger partial charge in [0.05, 0.1) is 16.1 Å². The van der Waals surface area contributed by atoms with Crippen LogP contribution < -0.4 is 0 Å². The molecule has 0 amide bonds. The van der Waals surface area contributed by atoms with Crippen molar-refractivity contribution in [3.05, 3.63) is 11.8 Å². The van der Waals surface area contributed by atoms with Crippen LogP contribution in [0.5, 0.6) is 0 Å². The van der Waals surface area contributed by atoms with Crippen LogP contribution in [0.15, 0.2) is 11.8 Å². The molecule has 0 aromatic rings. The van der Waals surface area contributed by atoms with E-state index in [1.165, 1.54) is 6.04 Å². The minimum Gasteiger partial charge on any atom is -0.0984 e. The fourth-order valence-corrected chi connectivity index (χ4v) is 3.97. The molecule has 17 heavy (non-hydrogen) atoms. The van der Waals surface area contributed by atoms with Crippen molar-refractivity contribution in [2.75, 3.05) is 0 Å². The van der Waals surface area contributed by atoms with Gasteiger partial charge in [-0.05, 0) is 16.1 Å². The molecule has 0 saturated heterocycles. The van der Waals surface area contributed by atoms with Crippen LogP contribution in [0.3, 0.4) is 0 Å². The highest BCUT2D eigenvalue weighted by Crippen LogP contribution is 2.40. The van der Waals surface area contributed by atoms with Crippen LogP contribution in [-0.4, -0.2) is 16.1 Å². The van der Waals surface area contributed by atoms with Crippen molar-refractivity contribution < 1.29 is 0 Å². The molecule has 0 heterocycles. The molecule has 0 aliphatic rings. The van der Waals surface area contributed by atoms with Crippen molar-refractivity contribution in [3.8, 4) is 0 Å². The van der Waals surface area contributed by atoms with Gasteiger partial charge in [-0.3, -0.25) is 0 Å². The highest BCUT2D eigenvalue weighted by molar-refractivity contribution is 6.85. The lowest BCUT2D eigenvalue weighted by molar-refractivity contribution is 0.719. The molecular weight excluding hydrogens is 236 g/mol. The summed E-state index contributed by atoms with van der Waals surface area (Å²) < 4.78 is 0. The van der Waals surface area contributed by atoms with Gasteiger partial charge in [0.25, 0.3) is 0 Å². The second-order valence-corrected chi connectivity index (χ2v) is 19.7. The van der Waals surface area contributed by atoms with Gasteiger partial charge in [0, 0.05) is 0 Å². The first kappa shape index (κ1) is 17.2. The minimum absolute atomic E-state index is 0.469. The molecule has 102 valence electrons. The van der Waals surface area contributed by atoms with Crippen LogP contribution in [-0.2, 0) is 0 Å². The van der Waals surface area contributed by atoms with E-state index in [1.54, 1.807) is 0 Å². The number of rotatable bonds is 3. The highest BCUT2D eigenvalue weighted by atomic mass is 28.3. The Labute approximate surface area is 112 Å². The first-order valence-corrected chi connectivity index (χ1v) is 13.2. The lowest BCUT2D eigenvalue weighted by Gasteiger charge is -2.37. The summed E-state index contributed by atoms with van der Waals surface area (Å²) in [6, 6.07) is 1.32. The predicted octanol–water partition coefficient (Wildman–Crippen LogP) is 6.10. The minimum atomic E-state index is -1.22. The van der Waals surface area contributed by atoms with Crippen LogP contribution in [0.4, 0.5) is 0 Å². The Morgan fingerprint density at radius 2 is 1.18 bits per heavy atom. The number of hydrogen-bond donors (Lipinski definition) is 0. The number of allylic oxidation sites excluding steroid dienone is 1. The van der Waals surface area contributed by atoms with Gasteiger partial charge >= 0.3 is 0 Å². The van der Waals surface area contributed by atoms with Crippen molar-refractivity contribution in [2.45, 2.75) is 83.9 Å². The Hall–Kier alpha value is 0.174. The summed E-state index contributed by atoms with van der Waals surface area (Å²) in [6.07, 6.45) is 2.51. The third-order valence-corrected chi connectivity index (χ3v) is 15.4. The third-order valence-electron chi connectivity index (χ3n) is 5.13. The molecule has 0 bridgehead atoms. The maximum Gasteiger partial charge on any atom is 0.0765 e. The van der Waals surface area contributed by atoms with E-state index in [1.807, 2.05) is 0 Å². The monoisotopic (exact) mass is 270 g/mol. The topological polar surface area (TPSA) is 0 Å². The maximum absolute atomic E-state index is 2.58. The van der Waals surface area contributed by atoms with Crippen LogP contribution in [0, 0.1) is 0 Å². The Morgan fingerprint density at radius 1 is 0.765 bits per heavy atom. The van der Waals surface area contributed by atoms with Crippen molar-refractivity contribution in [1.82, 2.24) is 0 Å². The Balaban J connectivity index is 4.70. The van der Waals surface area contributed by atoms with Crippen molar-refractivity contribution in [2.24, 2.45) is 0 Å².